The minimum absolute atomic E-state index is 0.0413. The average molecular weight is 290 g/mol. The first-order chi connectivity index (χ1) is 10.1. The molecule has 0 saturated carbocycles. The first-order valence-corrected chi connectivity index (χ1v) is 7.44. The number of hydrogen-bond donors (Lipinski definition) is 1. The molecule has 0 spiro atoms. The van der Waals surface area contributed by atoms with E-state index in [0.717, 1.165) is 43.4 Å². The zero-order valence-corrected chi connectivity index (χ0v) is 12.6. The lowest BCUT2D eigenvalue weighted by Gasteiger charge is -2.14. The van der Waals surface area contributed by atoms with Crippen LogP contribution in [0.15, 0.2) is 18.2 Å². The molecule has 0 unspecified atom stereocenters. The summed E-state index contributed by atoms with van der Waals surface area (Å²) in [6.45, 7) is 3.23. The molecule has 1 N–H and O–H groups in total. The van der Waals surface area contributed by atoms with Crippen molar-refractivity contribution in [1.82, 2.24) is 4.90 Å². The van der Waals surface area contributed by atoms with E-state index < -0.39 is 6.09 Å². The van der Waals surface area contributed by atoms with Gasteiger partial charge in [0, 0.05) is 24.8 Å². The molecule has 0 fully saturated rings. The smallest absolute Gasteiger partial charge is 0.411 e. The van der Waals surface area contributed by atoms with Gasteiger partial charge in [-0.25, -0.2) is 4.79 Å². The van der Waals surface area contributed by atoms with E-state index in [0.29, 0.717) is 12.3 Å². The monoisotopic (exact) mass is 290 g/mol. The number of amides is 2. The van der Waals surface area contributed by atoms with Crippen LogP contribution in [0.5, 0.6) is 0 Å². The molecule has 5 heteroatoms. The van der Waals surface area contributed by atoms with Gasteiger partial charge in [0.1, 0.15) is 0 Å². The van der Waals surface area contributed by atoms with E-state index in [9.17, 15) is 9.59 Å². The highest BCUT2D eigenvalue weighted by Crippen LogP contribution is 2.22. The molecule has 1 aliphatic rings. The molecule has 0 bridgehead atoms. The average Bonchev–Trinajstić information content (AvgIpc) is 2.59. The molecule has 5 nitrogen and oxygen atoms in total. The normalized spacial score (nSPS) is 14.4. The van der Waals surface area contributed by atoms with Gasteiger partial charge in [-0.2, -0.15) is 0 Å². The van der Waals surface area contributed by atoms with Crippen LogP contribution in [0.3, 0.4) is 0 Å². The van der Waals surface area contributed by atoms with Crippen molar-refractivity contribution in [3.63, 3.8) is 0 Å². The summed E-state index contributed by atoms with van der Waals surface area (Å²) < 4.78 is 5.07. The number of carbonyl (C=O) groups is 2. The lowest BCUT2D eigenvalue weighted by Crippen LogP contribution is -2.26. The highest BCUT2D eigenvalue weighted by Gasteiger charge is 2.19. The molecule has 1 aromatic rings. The quantitative estimate of drug-likeness (QED) is 0.867. The van der Waals surface area contributed by atoms with Gasteiger partial charge in [0.05, 0.1) is 6.61 Å². The Kier molecular flexibility index (Phi) is 5.20. The Balaban J connectivity index is 2.05. The van der Waals surface area contributed by atoms with Crippen molar-refractivity contribution in [2.24, 2.45) is 0 Å². The van der Waals surface area contributed by atoms with Gasteiger partial charge in [0.25, 0.3) is 5.91 Å². The predicted molar refractivity (Wildman–Crippen MR) is 81.6 cm³/mol. The van der Waals surface area contributed by atoms with E-state index in [-0.39, 0.29) is 5.91 Å². The van der Waals surface area contributed by atoms with Crippen LogP contribution in [0.1, 0.15) is 42.1 Å². The van der Waals surface area contributed by atoms with Crippen LogP contribution in [0.2, 0.25) is 0 Å². The van der Waals surface area contributed by atoms with Gasteiger partial charge in [0.2, 0.25) is 0 Å². The highest BCUT2D eigenvalue weighted by molar-refractivity contribution is 5.97. The second-order valence-corrected chi connectivity index (χ2v) is 5.32. The molecule has 1 aliphatic heterocycles. The summed E-state index contributed by atoms with van der Waals surface area (Å²) in [5, 5.41) is 2.71. The fourth-order valence-electron chi connectivity index (χ4n) is 2.36. The van der Waals surface area contributed by atoms with Gasteiger partial charge < -0.3 is 9.64 Å². The highest BCUT2D eigenvalue weighted by atomic mass is 16.5. The molecule has 2 amide bonds. The third-order valence-corrected chi connectivity index (χ3v) is 3.60. The Hall–Kier alpha value is -2.04. The lowest BCUT2D eigenvalue weighted by molar-refractivity contribution is 0.0800. The summed E-state index contributed by atoms with van der Waals surface area (Å²) in [7, 11) is 1.81. The Morgan fingerprint density at radius 1 is 1.43 bits per heavy atom. The van der Waals surface area contributed by atoms with Crippen molar-refractivity contribution in [1.29, 1.82) is 0 Å². The molecular formula is C16H22N2O3. The van der Waals surface area contributed by atoms with Crippen LogP contribution in [0.4, 0.5) is 10.5 Å². The number of ether oxygens (including phenoxy) is 1. The Bertz CT molecular complexity index is 528. The Labute approximate surface area is 125 Å². The van der Waals surface area contributed by atoms with Crippen molar-refractivity contribution in [2.45, 2.75) is 32.6 Å². The summed E-state index contributed by atoms with van der Waals surface area (Å²) in [5.41, 5.74) is 2.38. The van der Waals surface area contributed by atoms with Crippen molar-refractivity contribution in [2.75, 3.05) is 25.5 Å². The van der Waals surface area contributed by atoms with Crippen molar-refractivity contribution >= 4 is 17.7 Å². The molecule has 1 aromatic carbocycles. The Morgan fingerprint density at radius 2 is 2.24 bits per heavy atom. The van der Waals surface area contributed by atoms with Gasteiger partial charge in [-0.05, 0) is 43.0 Å². The summed E-state index contributed by atoms with van der Waals surface area (Å²) in [4.78, 5) is 25.5. The second kappa shape index (κ2) is 7.11. The van der Waals surface area contributed by atoms with Crippen molar-refractivity contribution < 1.29 is 14.3 Å². The van der Waals surface area contributed by atoms with Crippen LogP contribution in [0.25, 0.3) is 0 Å². The standard InChI is InChI=1S/C16H22N2O3/c1-3-4-10-21-16(20)17-13-7-8-14-12(11-13)6-5-9-18(2)15(14)19/h7-8,11H,3-6,9-10H2,1-2H3,(H,17,20). The second-order valence-electron chi connectivity index (χ2n) is 5.32. The maximum absolute atomic E-state index is 12.2. The number of nitrogens with one attached hydrogen (secondary N) is 1. The summed E-state index contributed by atoms with van der Waals surface area (Å²) in [6, 6.07) is 5.39. The van der Waals surface area contributed by atoms with Gasteiger partial charge in [-0.3, -0.25) is 10.1 Å². The van der Waals surface area contributed by atoms with E-state index in [2.05, 4.69) is 5.32 Å². The number of unbranched alkanes of at least 4 members (excludes halogenated alkanes) is 1. The van der Waals surface area contributed by atoms with Crippen LogP contribution in [-0.2, 0) is 11.2 Å². The van der Waals surface area contributed by atoms with Crippen molar-refractivity contribution in [3.05, 3.63) is 29.3 Å². The molecule has 0 aromatic heterocycles. The van der Waals surface area contributed by atoms with Gasteiger partial charge in [-0.15, -0.1) is 0 Å². The number of benzene rings is 1. The zero-order valence-electron chi connectivity index (χ0n) is 12.6. The van der Waals surface area contributed by atoms with Crippen LogP contribution in [0, 0.1) is 0 Å². The van der Waals surface area contributed by atoms with Crippen LogP contribution in [-0.4, -0.2) is 37.1 Å². The maximum Gasteiger partial charge on any atom is 0.411 e. The first kappa shape index (κ1) is 15.4. The fraction of sp³-hybridized carbons (Fsp3) is 0.500. The van der Waals surface area contributed by atoms with Crippen LogP contribution >= 0.6 is 0 Å². The number of aryl methyl sites for hydroxylation is 1. The van der Waals surface area contributed by atoms with E-state index in [4.69, 9.17) is 4.74 Å². The molecule has 0 aliphatic carbocycles. The summed E-state index contributed by atoms with van der Waals surface area (Å²) in [5.74, 6) is 0.0413. The number of rotatable bonds is 4. The number of carbonyl (C=O) groups excluding carboxylic acids is 2. The third kappa shape index (κ3) is 3.97. The molecular weight excluding hydrogens is 268 g/mol. The zero-order chi connectivity index (χ0) is 15.2. The summed E-state index contributed by atoms with van der Waals surface area (Å²) >= 11 is 0. The number of anilines is 1. The molecule has 1 heterocycles. The topological polar surface area (TPSA) is 58.6 Å². The fourth-order valence-corrected chi connectivity index (χ4v) is 2.36. The molecule has 21 heavy (non-hydrogen) atoms. The molecule has 0 atom stereocenters. The minimum Gasteiger partial charge on any atom is -0.449 e. The molecule has 0 saturated heterocycles. The van der Waals surface area contributed by atoms with E-state index in [1.54, 1.807) is 17.0 Å². The first-order valence-electron chi connectivity index (χ1n) is 7.44. The van der Waals surface area contributed by atoms with E-state index in [1.165, 1.54) is 0 Å². The SMILES string of the molecule is CCCCOC(=O)Nc1ccc2c(c1)CCCN(C)C2=O. The number of nitrogens with zero attached hydrogens (tertiary/aromatic N) is 1. The molecule has 2 rings (SSSR count). The minimum atomic E-state index is -0.444. The van der Waals surface area contributed by atoms with Crippen molar-refractivity contribution in [3.8, 4) is 0 Å². The van der Waals surface area contributed by atoms with E-state index in [1.807, 2.05) is 20.0 Å². The number of fused-ring (bicyclic) bond motifs is 1. The third-order valence-electron chi connectivity index (χ3n) is 3.60. The van der Waals surface area contributed by atoms with E-state index >= 15 is 0 Å². The summed E-state index contributed by atoms with van der Waals surface area (Å²) in [6.07, 6.45) is 3.17. The number of hydrogen-bond acceptors (Lipinski definition) is 3. The van der Waals surface area contributed by atoms with Gasteiger partial charge in [0.15, 0.2) is 0 Å². The molecule has 0 radical (unpaired) electrons. The van der Waals surface area contributed by atoms with Crippen LogP contribution < -0.4 is 5.32 Å². The van der Waals surface area contributed by atoms with Gasteiger partial charge in [-0.1, -0.05) is 13.3 Å². The maximum atomic E-state index is 12.2. The Morgan fingerprint density at radius 3 is 3.00 bits per heavy atom. The molecule has 114 valence electrons. The van der Waals surface area contributed by atoms with Gasteiger partial charge >= 0.3 is 6.09 Å². The largest absolute Gasteiger partial charge is 0.449 e. The predicted octanol–water partition coefficient (Wildman–Crippen LogP) is 3.05. The lowest BCUT2D eigenvalue weighted by atomic mass is 10.0.